The maximum Gasteiger partial charge on any atom is -0.0222 e. The highest BCUT2D eigenvalue weighted by molar-refractivity contribution is 5.44. The van der Waals surface area contributed by atoms with E-state index in [-0.39, 0.29) is 0 Å². The minimum Gasteiger partial charge on any atom is -0.0842 e. The predicted molar refractivity (Wildman–Crippen MR) is 78.1 cm³/mol. The molecule has 0 nitrogen and oxygen atoms in total. The van der Waals surface area contributed by atoms with E-state index < -0.39 is 0 Å². The third-order valence-corrected chi connectivity index (χ3v) is 3.81. The molecule has 0 fully saturated rings. The first kappa shape index (κ1) is 14.3. The summed E-state index contributed by atoms with van der Waals surface area (Å²) in [5.74, 6) is 0. The predicted octanol–water partition coefficient (Wildman–Crippen LogP) is 5.82. The van der Waals surface area contributed by atoms with Crippen LogP contribution in [0.5, 0.6) is 0 Å². The smallest absolute Gasteiger partial charge is 0.0222 e. The molecule has 0 spiro atoms. The molecular formula is C17H28. The molecule has 1 aliphatic rings. The molecule has 17 heavy (non-hydrogen) atoms. The molecule has 0 aromatic heterocycles. The average Bonchev–Trinajstić information content (AvgIpc) is 2.29. The minimum atomic E-state index is 0.475. The van der Waals surface area contributed by atoms with Gasteiger partial charge in [-0.25, -0.2) is 0 Å². The second-order valence-electron chi connectivity index (χ2n) is 5.83. The summed E-state index contributed by atoms with van der Waals surface area (Å²) in [4.78, 5) is 0. The summed E-state index contributed by atoms with van der Waals surface area (Å²) in [6.07, 6.45) is 13.1. The zero-order chi connectivity index (χ0) is 12.9. The van der Waals surface area contributed by atoms with Crippen LogP contribution in [0.3, 0.4) is 0 Å². The molecule has 0 radical (unpaired) electrons. The molecule has 0 aromatic carbocycles. The van der Waals surface area contributed by atoms with Gasteiger partial charge in [0, 0.05) is 0 Å². The highest BCUT2D eigenvalue weighted by atomic mass is 14.3. The standard InChI is InChI=1S/C17H28/c1-6-9-10-14(7-2)16-13-17(4,5)12-11-15(16)8-3/h7,9-10H,6,8,11-13H2,1-5H3/b10-9-,14-7+. The zero-order valence-electron chi connectivity index (χ0n) is 12.3. The van der Waals surface area contributed by atoms with Crippen LogP contribution >= 0.6 is 0 Å². The fraction of sp³-hybridized carbons (Fsp3) is 0.647. The fourth-order valence-corrected chi connectivity index (χ4v) is 2.64. The summed E-state index contributed by atoms with van der Waals surface area (Å²) in [6.45, 7) is 11.5. The fourth-order valence-electron chi connectivity index (χ4n) is 2.64. The van der Waals surface area contributed by atoms with Crippen molar-refractivity contribution in [2.45, 2.75) is 66.7 Å². The van der Waals surface area contributed by atoms with Gasteiger partial charge in [-0.3, -0.25) is 0 Å². The molecule has 0 heterocycles. The van der Waals surface area contributed by atoms with Crippen molar-refractivity contribution >= 4 is 0 Å². The van der Waals surface area contributed by atoms with E-state index in [0.29, 0.717) is 5.41 Å². The van der Waals surface area contributed by atoms with Crippen LogP contribution in [0, 0.1) is 5.41 Å². The highest BCUT2D eigenvalue weighted by Gasteiger charge is 2.27. The maximum atomic E-state index is 2.40. The molecule has 0 saturated carbocycles. The van der Waals surface area contributed by atoms with E-state index in [1.807, 2.05) is 0 Å². The highest BCUT2D eigenvalue weighted by Crippen LogP contribution is 2.42. The molecular weight excluding hydrogens is 204 g/mol. The third-order valence-electron chi connectivity index (χ3n) is 3.81. The summed E-state index contributed by atoms with van der Waals surface area (Å²) in [7, 11) is 0. The molecule has 96 valence electrons. The second kappa shape index (κ2) is 6.23. The Morgan fingerprint density at radius 2 is 2.00 bits per heavy atom. The van der Waals surface area contributed by atoms with E-state index in [0.717, 1.165) is 6.42 Å². The first-order valence-corrected chi connectivity index (χ1v) is 7.08. The first-order chi connectivity index (χ1) is 8.04. The van der Waals surface area contributed by atoms with Crippen molar-refractivity contribution in [1.82, 2.24) is 0 Å². The molecule has 0 unspecified atom stereocenters. The van der Waals surface area contributed by atoms with Crippen LogP contribution in [0.15, 0.2) is 34.9 Å². The minimum absolute atomic E-state index is 0.475. The van der Waals surface area contributed by atoms with Crippen LogP contribution < -0.4 is 0 Å². The van der Waals surface area contributed by atoms with Crippen molar-refractivity contribution in [3.63, 3.8) is 0 Å². The van der Waals surface area contributed by atoms with Gasteiger partial charge in [0.25, 0.3) is 0 Å². The summed E-state index contributed by atoms with van der Waals surface area (Å²) >= 11 is 0. The molecule has 0 atom stereocenters. The van der Waals surface area contributed by atoms with Crippen molar-refractivity contribution in [2.24, 2.45) is 5.41 Å². The molecule has 0 aliphatic heterocycles. The van der Waals surface area contributed by atoms with Gasteiger partial charge in [0.05, 0.1) is 0 Å². The molecule has 0 amide bonds. The van der Waals surface area contributed by atoms with Gasteiger partial charge < -0.3 is 0 Å². The van der Waals surface area contributed by atoms with Crippen LogP contribution in [0.2, 0.25) is 0 Å². The van der Waals surface area contributed by atoms with E-state index in [1.54, 1.807) is 11.1 Å². The molecule has 0 saturated heterocycles. The van der Waals surface area contributed by atoms with Crippen LogP contribution in [0.4, 0.5) is 0 Å². The summed E-state index contributed by atoms with van der Waals surface area (Å²) in [6, 6.07) is 0. The van der Waals surface area contributed by atoms with Gasteiger partial charge in [0.2, 0.25) is 0 Å². The Kier molecular flexibility index (Phi) is 5.24. The van der Waals surface area contributed by atoms with Crippen LogP contribution in [-0.2, 0) is 0 Å². The SMILES string of the molecule is C/C=C(\C=C/CC)C1=C(CC)CCC(C)(C)C1. The van der Waals surface area contributed by atoms with E-state index in [2.05, 4.69) is 52.8 Å². The normalized spacial score (nSPS) is 21.4. The number of allylic oxidation sites excluding steroid dienone is 6. The Balaban J connectivity index is 3.04. The van der Waals surface area contributed by atoms with Crippen molar-refractivity contribution in [2.75, 3.05) is 0 Å². The molecule has 1 rings (SSSR count). The van der Waals surface area contributed by atoms with E-state index in [1.165, 1.54) is 31.3 Å². The number of rotatable bonds is 4. The Morgan fingerprint density at radius 3 is 2.53 bits per heavy atom. The maximum absolute atomic E-state index is 2.40. The molecule has 0 heteroatoms. The molecule has 0 N–H and O–H groups in total. The van der Waals surface area contributed by atoms with Crippen molar-refractivity contribution in [1.29, 1.82) is 0 Å². The Bertz CT molecular complexity index is 337. The quantitative estimate of drug-likeness (QED) is 0.536. The van der Waals surface area contributed by atoms with Crippen molar-refractivity contribution in [3.05, 3.63) is 34.9 Å². The lowest BCUT2D eigenvalue weighted by atomic mass is 9.72. The summed E-state index contributed by atoms with van der Waals surface area (Å²) in [5.41, 5.74) is 5.23. The van der Waals surface area contributed by atoms with E-state index in [9.17, 15) is 0 Å². The summed E-state index contributed by atoms with van der Waals surface area (Å²) < 4.78 is 0. The van der Waals surface area contributed by atoms with Crippen LogP contribution in [0.1, 0.15) is 66.7 Å². The number of hydrogen-bond acceptors (Lipinski definition) is 0. The first-order valence-electron chi connectivity index (χ1n) is 7.08. The Labute approximate surface area is 108 Å². The van der Waals surface area contributed by atoms with Crippen molar-refractivity contribution in [3.8, 4) is 0 Å². The summed E-state index contributed by atoms with van der Waals surface area (Å²) in [5, 5.41) is 0. The third kappa shape index (κ3) is 3.87. The van der Waals surface area contributed by atoms with Gasteiger partial charge >= 0.3 is 0 Å². The Morgan fingerprint density at radius 1 is 1.29 bits per heavy atom. The topological polar surface area (TPSA) is 0 Å². The van der Waals surface area contributed by atoms with E-state index in [4.69, 9.17) is 0 Å². The van der Waals surface area contributed by atoms with Gasteiger partial charge in [-0.2, -0.15) is 0 Å². The lowest BCUT2D eigenvalue weighted by Crippen LogP contribution is -2.19. The van der Waals surface area contributed by atoms with Gasteiger partial charge in [-0.05, 0) is 55.6 Å². The largest absolute Gasteiger partial charge is 0.0842 e. The molecule has 0 bridgehead atoms. The number of hydrogen-bond donors (Lipinski definition) is 0. The molecule has 1 aliphatic carbocycles. The van der Waals surface area contributed by atoms with Gasteiger partial charge in [-0.1, -0.05) is 51.5 Å². The van der Waals surface area contributed by atoms with Crippen molar-refractivity contribution < 1.29 is 0 Å². The van der Waals surface area contributed by atoms with Gasteiger partial charge in [0.15, 0.2) is 0 Å². The molecule has 0 aromatic rings. The van der Waals surface area contributed by atoms with Gasteiger partial charge in [-0.15, -0.1) is 0 Å². The zero-order valence-corrected chi connectivity index (χ0v) is 12.3. The van der Waals surface area contributed by atoms with E-state index >= 15 is 0 Å². The average molecular weight is 232 g/mol. The van der Waals surface area contributed by atoms with Gasteiger partial charge in [0.1, 0.15) is 0 Å². The monoisotopic (exact) mass is 232 g/mol. The lowest BCUT2D eigenvalue weighted by Gasteiger charge is -2.33. The second-order valence-corrected chi connectivity index (χ2v) is 5.83. The lowest BCUT2D eigenvalue weighted by molar-refractivity contribution is 0.314. The Hall–Kier alpha value is -0.780. The van der Waals surface area contributed by atoms with Crippen LogP contribution in [-0.4, -0.2) is 0 Å². The van der Waals surface area contributed by atoms with Crippen LogP contribution in [0.25, 0.3) is 0 Å².